The van der Waals surface area contributed by atoms with E-state index in [2.05, 4.69) is 33.4 Å². The molecule has 0 unspecified atom stereocenters. The molecule has 0 heterocycles. The first kappa shape index (κ1) is 32.9. The van der Waals surface area contributed by atoms with Gasteiger partial charge in [0.05, 0.1) is 14.1 Å². The number of quaternary nitrogens is 1. The third-order valence-corrected chi connectivity index (χ3v) is 6.22. The lowest BCUT2D eigenvalue weighted by Crippen LogP contribution is -3.00. The van der Waals surface area contributed by atoms with E-state index >= 15 is 0 Å². The molecule has 0 radical (unpaired) electrons. The quantitative estimate of drug-likeness (QED) is 0.124. The number of carbonyl (C=O) groups is 1. The minimum absolute atomic E-state index is 0. The summed E-state index contributed by atoms with van der Waals surface area (Å²) in [5.41, 5.74) is 3.11. The fourth-order valence-electron chi connectivity index (χ4n) is 4.37. The Labute approximate surface area is 202 Å². The van der Waals surface area contributed by atoms with Gasteiger partial charge in [0.25, 0.3) is 5.91 Å². The lowest BCUT2D eigenvalue weighted by Gasteiger charge is -2.28. The molecular formula is C27H57ClN2O. The highest BCUT2D eigenvalue weighted by atomic mass is 35.5. The van der Waals surface area contributed by atoms with Crippen molar-refractivity contribution in [2.24, 2.45) is 0 Å². The lowest BCUT2D eigenvalue weighted by atomic mass is 10.0. The fourth-order valence-corrected chi connectivity index (χ4v) is 4.37. The van der Waals surface area contributed by atoms with E-state index in [-0.39, 0.29) is 18.3 Å². The number of nitrogens with zero attached hydrogens (tertiary/aromatic N) is 1. The van der Waals surface area contributed by atoms with Crippen molar-refractivity contribution < 1.29 is 21.8 Å². The maximum atomic E-state index is 12.0. The van der Waals surface area contributed by atoms with Crippen LogP contribution in [0.1, 0.15) is 149 Å². The van der Waals surface area contributed by atoms with Gasteiger partial charge in [-0.3, -0.25) is 4.79 Å². The van der Waals surface area contributed by atoms with Gasteiger partial charge in [-0.25, -0.2) is 10.0 Å². The number of unbranched alkanes of at least 4 members (excludes halogenated alkanes) is 18. The second kappa shape index (κ2) is 24.4. The Morgan fingerprint density at radius 1 is 0.548 bits per heavy atom. The Balaban J connectivity index is 0. The number of halogens is 1. The number of hydrogen-bond acceptors (Lipinski definition) is 1. The zero-order valence-electron chi connectivity index (χ0n) is 21.8. The van der Waals surface area contributed by atoms with Crippen molar-refractivity contribution in [3.8, 4) is 0 Å². The summed E-state index contributed by atoms with van der Waals surface area (Å²) in [5.74, 6) is 0.209. The third-order valence-electron chi connectivity index (χ3n) is 6.22. The second-order valence-corrected chi connectivity index (χ2v) is 10.1. The molecule has 0 rings (SSSR count). The van der Waals surface area contributed by atoms with Crippen LogP contribution in [0.4, 0.5) is 0 Å². The maximum absolute atomic E-state index is 12.0. The molecule has 1 N–H and O–H groups in total. The standard InChI is InChI=1S/C27H56N2O.ClH/c1-5-7-8-9-10-11-12-13-14-15-16-17-18-19-20-21-22-23-24-25-27(30)28-29(3,4)26-6-2;/h5-26H2,1-4H3;1H. The number of nitrogens with one attached hydrogen (secondary N) is 1. The Kier molecular flexibility index (Phi) is 25.9. The minimum atomic E-state index is 0. The van der Waals surface area contributed by atoms with Crippen LogP contribution in [0.15, 0.2) is 0 Å². The van der Waals surface area contributed by atoms with Gasteiger partial charge in [-0.1, -0.05) is 129 Å². The molecule has 0 aromatic heterocycles. The summed E-state index contributed by atoms with van der Waals surface area (Å²) in [6.45, 7) is 5.44. The van der Waals surface area contributed by atoms with Crippen molar-refractivity contribution in [2.45, 2.75) is 149 Å². The summed E-state index contributed by atoms with van der Waals surface area (Å²) < 4.78 is 0.606. The van der Waals surface area contributed by atoms with Gasteiger partial charge >= 0.3 is 0 Å². The monoisotopic (exact) mass is 460 g/mol. The molecule has 4 heteroatoms. The van der Waals surface area contributed by atoms with Gasteiger partial charge in [0.2, 0.25) is 0 Å². The largest absolute Gasteiger partial charge is 1.00 e. The molecule has 0 aromatic carbocycles. The zero-order chi connectivity index (χ0) is 22.3. The molecule has 0 fully saturated rings. The summed E-state index contributed by atoms with van der Waals surface area (Å²) in [4.78, 5) is 12.0. The smallest absolute Gasteiger partial charge is 0.264 e. The van der Waals surface area contributed by atoms with E-state index in [1.807, 2.05) is 0 Å². The second-order valence-electron chi connectivity index (χ2n) is 10.1. The summed E-state index contributed by atoms with van der Waals surface area (Å²) in [5, 5.41) is 0. The highest BCUT2D eigenvalue weighted by Gasteiger charge is 2.16. The van der Waals surface area contributed by atoms with Crippen LogP contribution in [0.5, 0.6) is 0 Å². The summed E-state index contributed by atoms with van der Waals surface area (Å²) in [7, 11) is 4.13. The van der Waals surface area contributed by atoms with Crippen LogP contribution in [0.2, 0.25) is 0 Å². The van der Waals surface area contributed by atoms with Gasteiger partial charge in [0, 0.05) is 6.42 Å². The molecule has 1 amide bonds. The number of carbonyl (C=O) groups excluding carboxylic acids is 1. The van der Waals surface area contributed by atoms with Crippen molar-refractivity contribution >= 4 is 5.91 Å². The molecule has 0 aliphatic rings. The Morgan fingerprint density at radius 2 is 0.871 bits per heavy atom. The van der Waals surface area contributed by atoms with Gasteiger partial charge in [-0.2, -0.15) is 0 Å². The van der Waals surface area contributed by atoms with Gasteiger partial charge in [0.1, 0.15) is 6.54 Å². The molecule has 0 saturated heterocycles. The molecule has 3 nitrogen and oxygen atoms in total. The van der Waals surface area contributed by atoms with Gasteiger partial charge in [-0.05, 0) is 12.8 Å². The van der Waals surface area contributed by atoms with Crippen LogP contribution in [0.25, 0.3) is 0 Å². The SMILES string of the molecule is CCCCCCCCCCCCCCCCCCCCCC(=O)N[N+](C)(C)CCC.[Cl-]. The van der Waals surface area contributed by atoms with Crippen molar-refractivity contribution in [1.82, 2.24) is 5.43 Å². The number of rotatable bonds is 23. The van der Waals surface area contributed by atoms with Crippen LogP contribution >= 0.6 is 0 Å². The fraction of sp³-hybridized carbons (Fsp3) is 0.963. The molecule has 0 aliphatic heterocycles. The highest BCUT2D eigenvalue weighted by Crippen LogP contribution is 2.14. The lowest BCUT2D eigenvalue weighted by molar-refractivity contribution is -0.925. The molecule has 0 saturated carbocycles. The van der Waals surface area contributed by atoms with Gasteiger partial charge in [-0.15, -0.1) is 0 Å². The van der Waals surface area contributed by atoms with Crippen molar-refractivity contribution in [3.05, 3.63) is 0 Å². The van der Waals surface area contributed by atoms with Crippen molar-refractivity contribution in [2.75, 3.05) is 20.6 Å². The maximum Gasteiger partial charge on any atom is 0.264 e. The molecule has 0 aromatic rings. The first-order valence-corrected chi connectivity index (χ1v) is 13.7. The van der Waals surface area contributed by atoms with Crippen LogP contribution < -0.4 is 17.8 Å². The van der Waals surface area contributed by atoms with Gasteiger partial charge in [0.15, 0.2) is 0 Å². The van der Waals surface area contributed by atoms with Crippen LogP contribution in [0, 0.1) is 0 Å². The first-order valence-electron chi connectivity index (χ1n) is 13.7. The summed E-state index contributed by atoms with van der Waals surface area (Å²) in [6.07, 6.45) is 28.2. The number of amides is 1. The van der Waals surface area contributed by atoms with E-state index in [9.17, 15) is 4.79 Å². The Hall–Kier alpha value is -0.280. The van der Waals surface area contributed by atoms with E-state index in [0.717, 1.165) is 19.4 Å². The average molecular weight is 461 g/mol. The minimum Gasteiger partial charge on any atom is -1.00 e. The van der Waals surface area contributed by atoms with Gasteiger partial charge < -0.3 is 12.4 Å². The highest BCUT2D eigenvalue weighted by molar-refractivity contribution is 5.74. The van der Waals surface area contributed by atoms with E-state index in [1.165, 1.54) is 116 Å². The molecular weight excluding hydrogens is 404 g/mol. The molecule has 0 bridgehead atoms. The average Bonchev–Trinajstić information content (AvgIpc) is 2.69. The van der Waals surface area contributed by atoms with Crippen molar-refractivity contribution in [3.63, 3.8) is 0 Å². The molecule has 0 spiro atoms. The topological polar surface area (TPSA) is 29.1 Å². The van der Waals surface area contributed by atoms with E-state index < -0.39 is 0 Å². The molecule has 31 heavy (non-hydrogen) atoms. The van der Waals surface area contributed by atoms with Crippen LogP contribution in [-0.2, 0) is 4.79 Å². The first-order chi connectivity index (χ1) is 14.5. The normalized spacial score (nSPS) is 11.4. The molecule has 0 atom stereocenters. The predicted molar refractivity (Wildman–Crippen MR) is 133 cm³/mol. The predicted octanol–water partition coefficient (Wildman–Crippen LogP) is 5.33. The molecule has 0 aliphatic carbocycles. The number of hydrogen-bond donors (Lipinski definition) is 1. The summed E-state index contributed by atoms with van der Waals surface area (Å²) >= 11 is 0. The van der Waals surface area contributed by atoms with Crippen molar-refractivity contribution in [1.29, 1.82) is 0 Å². The van der Waals surface area contributed by atoms with Crippen LogP contribution in [-0.4, -0.2) is 31.1 Å². The summed E-state index contributed by atoms with van der Waals surface area (Å²) in [6, 6.07) is 0. The van der Waals surface area contributed by atoms with Crippen LogP contribution in [0.3, 0.4) is 0 Å². The third kappa shape index (κ3) is 25.9. The molecule has 188 valence electrons. The van der Waals surface area contributed by atoms with E-state index in [1.54, 1.807) is 0 Å². The Morgan fingerprint density at radius 3 is 1.19 bits per heavy atom. The van der Waals surface area contributed by atoms with E-state index in [0.29, 0.717) is 11.0 Å². The Bertz CT molecular complexity index is 374. The van der Waals surface area contributed by atoms with E-state index in [4.69, 9.17) is 0 Å². The zero-order valence-corrected chi connectivity index (χ0v) is 22.5.